The number of anilines is 1. The molecule has 0 radical (unpaired) electrons. The van der Waals surface area contributed by atoms with Crippen LogP contribution in [0.1, 0.15) is 24.0 Å². The Bertz CT molecular complexity index is 412. The number of nitrogens with zero attached hydrogens (tertiary/aromatic N) is 3. The number of pyridine rings is 1. The van der Waals surface area contributed by atoms with Crippen LogP contribution in [0.15, 0.2) is 12.3 Å². The first-order valence-corrected chi connectivity index (χ1v) is 8.13. The summed E-state index contributed by atoms with van der Waals surface area (Å²) in [5.74, 6) is 2.02. The van der Waals surface area contributed by atoms with Crippen LogP contribution in [0.25, 0.3) is 0 Å². The van der Waals surface area contributed by atoms with Gasteiger partial charge in [0.1, 0.15) is 5.82 Å². The minimum absolute atomic E-state index is 0.841. The average molecular weight is 326 g/mol. The molecule has 19 heavy (non-hydrogen) atoms. The van der Waals surface area contributed by atoms with Crippen molar-refractivity contribution < 1.29 is 0 Å². The summed E-state index contributed by atoms with van der Waals surface area (Å²) in [6.07, 6.45) is 4.54. The van der Waals surface area contributed by atoms with Gasteiger partial charge in [0.15, 0.2) is 0 Å². The van der Waals surface area contributed by atoms with E-state index in [4.69, 9.17) is 0 Å². The van der Waals surface area contributed by atoms with Crippen molar-refractivity contribution in [2.24, 2.45) is 5.92 Å². The molecular weight excluding hydrogens is 302 g/mol. The van der Waals surface area contributed by atoms with Gasteiger partial charge in [-0.05, 0) is 50.9 Å². The normalized spacial score (nSPS) is 17.2. The van der Waals surface area contributed by atoms with Crippen LogP contribution in [0, 0.1) is 12.8 Å². The second-order valence-corrected chi connectivity index (χ2v) is 6.37. The van der Waals surface area contributed by atoms with Crippen molar-refractivity contribution in [1.82, 2.24) is 9.88 Å². The zero-order valence-corrected chi connectivity index (χ0v) is 13.8. The molecule has 0 unspecified atom stereocenters. The van der Waals surface area contributed by atoms with Crippen LogP contribution in [0.2, 0.25) is 0 Å². The summed E-state index contributed by atoms with van der Waals surface area (Å²) < 4.78 is 0. The maximum atomic E-state index is 4.64. The Labute approximate surface area is 125 Å². The van der Waals surface area contributed by atoms with Crippen molar-refractivity contribution in [2.45, 2.75) is 25.1 Å². The van der Waals surface area contributed by atoms with Gasteiger partial charge in [0.25, 0.3) is 0 Å². The van der Waals surface area contributed by atoms with Gasteiger partial charge in [-0.2, -0.15) is 0 Å². The molecule has 2 heterocycles. The quantitative estimate of drug-likeness (QED) is 0.793. The highest BCUT2D eigenvalue weighted by atomic mass is 79.9. The van der Waals surface area contributed by atoms with Gasteiger partial charge in [0.2, 0.25) is 0 Å². The van der Waals surface area contributed by atoms with Crippen molar-refractivity contribution in [3.05, 3.63) is 23.4 Å². The lowest BCUT2D eigenvalue weighted by Crippen LogP contribution is -2.37. The van der Waals surface area contributed by atoms with Crippen LogP contribution >= 0.6 is 15.9 Å². The van der Waals surface area contributed by atoms with Gasteiger partial charge in [-0.15, -0.1) is 0 Å². The van der Waals surface area contributed by atoms with E-state index < -0.39 is 0 Å². The summed E-state index contributed by atoms with van der Waals surface area (Å²) in [5.41, 5.74) is 2.55. The van der Waals surface area contributed by atoms with E-state index in [1.165, 1.54) is 36.3 Å². The largest absolute Gasteiger partial charge is 0.356 e. The highest BCUT2D eigenvalue weighted by Crippen LogP contribution is 2.25. The molecule has 4 heteroatoms. The van der Waals surface area contributed by atoms with Crippen molar-refractivity contribution in [1.29, 1.82) is 0 Å². The Morgan fingerprint density at radius 1 is 1.37 bits per heavy atom. The van der Waals surface area contributed by atoms with Gasteiger partial charge in [0.05, 0.1) is 0 Å². The Balaban J connectivity index is 1.97. The Morgan fingerprint density at radius 2 is 2.05 bits per heavy atom. The molecule has 1 fully saturated rings. The summed E-state index contributed by atoms with van der Waals surface area (Å²) in [4.78, 5) is 9.39. The SMILES string of the molecule is Cc1cc(CBr)cnc1N1CCC(CN(C)C)CC1. The highest BCUT2D eigenvalue weighted by molar-refractivity contribution is 9.08. The molecule has 0 amide bonds. The number of hydrogen-bond acceptors (Lipinski definition) is 3. The maximum Gasteiger partial charge on any atom is 0.131 e. The third kappa shape index (κ3) is 3.93. The van der Waals surface area contributed by atoms with Gasteiger partial charge < -0.3 is 9.80 Å². The molecule has 0 aliphatic carbocycles. The average Bonchev–Trinajstić information content (AvgIpc) is 2.39. The summed E-state index contributed by atoms with van der Waals surface area (Å²) in [6.45, 7) is 5.66. The number of aromatic nitrogens is 1. The molecule has 0 spiro atoms. The smallest absolute Gasteiger partial charge is 0.131 e. The topological polar surface area (TPSA) is 19.4 Å². The second kappa shape index (κ2) is 6.71. The third-order valence-corrected chi connectivity index (χ3v) is 4.45. The van der Waals surface area contributed by atoms with Crippen LogP contribution in [-0.2, 0) is 5.33 Å². The van der Waals surface area contributed by atoms with Gasteiger partial charge in [-0.3, -0.25) is 0 Å². The van der Waals surface area contributed by atoms with Crippen molar-refractivity contribution in [3.8, 4) is 0 Å². The number of rotatable bonds is 4. The third-order valence-electron chi connectivity index (χ3n) is 3.80. The molecule has 1 aromatic rings. The molecule has 1 saturated heterocycles. The Kier molecular flexibility index (Phi) is 5.22. The lowest BCUT2D eigenvalue weighted by molar-refractivity contribution is 0.284. The highest BCUT2D eigenvalue weighted by Gasteiger charge is 2.21. The van der Waals surface area contributed by atoms with Crippen molar-refractivity contribution in [2.75, 3.05) is 38.6 Å². The van der Waals surface area contributed by atoms with Crippen LogP contribution in [0.4, 0.5) is 5.82 Å². The Hall–Kier alpha value is -0.610. The molecule has 106 valence electrons. The zero-order chi connectivity index (χ0) is 13.8. The molecule has 2 rings (SSSR count). The van der Waals surface area contributed by atoms with E-state index in [2.05, 4.69) is 57.8 Å². The van der Waals surface area contributed by atoms with Crippen molar-refractivity contribution in [3.63, 3.8) is 0 Å². The lowest BCUT2D eigenvalue weighted by Gasteiger charge is -2.34. The fourth-order valence-electron chi connectivity index (χ4n) is 2.87. The van der Waals surface area contributed by atoms with E-state index in [1.54, 1.807) is 0 Å². The molecule has 0 aromatic carbocycles. The first kappa shape index (κ1) is 14.8. The molecule has 3 nitrogen and oxygen atoms in total. The minimum Gasteiger partial charge on any atom is -0.356 e. The lowest BCUT2D eigenvalue weighted by atomic mass is 9.96. The molecule has 1 aromatic heterocycles. The van der Waals surface area contributed by atoms with E-state index in [9.17, 15) is 0 Å². The molecule has 0 atom stereocenters. The molecule has 0 N–H and O–H groups in total. The van der Waals surface area contributed by atoms with Crippen LogP contribution in [0.3, 0.4) is 0 Å². The summed E-state index contributed by atoms with van der Waals surface area (Å²) >= 11 is 3.48. The second-order valence-electron chi connectivity index (χ2n) is 5.81. The molecule has 1 aliphatic heterocycles. The van der Waals surface area contributed by atoms with Gasteiger partial charge in [0, 0.05) is 31.2 Å². The monoisotopic (exact) mass is 325 g/mol. The predicted molar refractivity (Wildman–Crippen MR) is 85.1 cm³/mol. The summed E-state index contributed by atoms with van der Waals surface area (Å²) in [5, 5.41) is 0.881. The molecule has 1 aliphatic rings. The Morgan fingerprint density at radius 3 is 2.58 bits per heavy atom. The van der Waals surface area contributed by atoms with Gasteiger partial charge in [-0.25, -0.2) is 4.98 Å². The fourth-order valence-corrected chi connectivity index (χ4v) is 3.18. The van der Waals surface area contributed by atoms with E-state index in [-0.39, 0.29) is 0 Å². The van der Waals surface area contributed by atoms with Crippen LogP contribution in [0.5, 0.6) is 0 Å². The number of hydrogen-bond donors (Lipinski definition) is 0. The van der Waals surface area contributed by atoms with E-state index in [0.29, 0.717) is 0 Å². The first-order valence-electron chi connectivity index (χ1n) is 7.01. The number of piperidine rings is 1. The van der Waals surface area contributed by atoms with E-state index >= 15 is 0 Å². The first-order chi connectivity index (χ1) is 9.10. The number of aryl methyl sites for hydroxylation is 1. The summed E-state index contributed by atoms with van der Waals surface area (Å²) in [7, 11) is 4.33. The molecular formula is C15H24BrN3. The van der Waals surface area contributed by atoms with Crippen LogP contribution in [-0.4, -0.2) is 43.6 Å². The predicted octanol–water partition coefficient (Wildman–Crippen LogP) is 3.06. The van der Waals surface area contributed by atoms with Gasteiger partial charge >= 0.3 is 0 Å². The number of alkyl halides is 1. The van der Waals surface area contributed by atoms with Crippen LogP contribution < -0.4 is 4.90 Å². The molecule has 0 bridgehead atoms. The maximum absolute atomic E-state index is 4.64. The van der Waals surface area contributed by atoms with E-state index in [0.717, 1.165) is 24.3 Å². The van der Waals surface area contributed by atoms with E-state index in [1.807, 2.05) is 6.20 Å². The summed E-state index contributed by atoms with van der Waals surface area (Å²) in [6, 6.07) is 2.24. The minimum atomic E-state index is 0.841. The fraction of sp³-hybridized carbons (Fsp3) is 0.667. The number of halogens is 1. The van der Waals surface area contributed by atoms with Crippen molar-refractivity contribution >= 4 is 21.7 Å². The standard InChI is InChI=1S/C15H24BrN3/c1-12-8-14(9-16)10-17-15(12)19-6-4-13(5-7-19)11-18(2)3/h8,10,13H,4-7,9,11H2,1-3H3. The zero-order valence-electron chi connectivity index (χ0n) is 12.2. The van der Waals surface area contributed by atoms with Gasteiger partial charge in [-0.1, -0.05) is 22.0 Å². The molecule has 0 saturated carbocycles.